The fourth-order valence-corrected chi connectivity index (χ4v) is 5.73. The molecule has 2 aliphatic rings. The van der Waals surface area contributed by atoms with Gasteiger partial charge in [0.2, 0.25) is 5.28 Å². The van der Waals surface area contributed by atoms with Crippen LogP contribution in [-0.2, 0) is 4.74 Å². The van der Waals surface area contributed by atoms with Crippen LogP contribution in [0.5, 0.6) is 0 Å². The molecule has 1 aromatic carbocycles. The summed E-state index contributed by atoms with van der Waals surface area (Å²) in [7, 11) is 0. The maximum atomic E-state index is 10.4. The Labute approximate surface area is 205 Å². The number of fused-ring (bicyclic) bond motifs is 1. The van der Waals surface area contributed by atoms with Crippen molar-refractivity contribution in [2.24, 2.45) is 0 Å². The summed E-state index contributed by atoms with van der Waals surface area (Å²) in [6.07, 6.45) is -0.272. The minimum atomic E-state index is -1.17. The van der Waals surface area contributed by atoms with Crippen molar-refractivity contribution in [3.05, 3.63) is 41.9 Å². The number of hydrogen-bond donors (Lipinski definition) is 3. The van der Waals surface area contributed by atoms with E-state index in [9.17, 15) is 10.2 Å². The summed E-state index contributed by atoms with van der Waals surface area (Å²) >= 11 is 14.0. The number of imidazole rings is 1. The van der Waals surface area contributed by atoms with Crippen LogP contribution in [0.3, 0.4) is 0 Å². The third kappa shape index (κ3) is 4.79. The average Bonchev–Trinajstić information content (AvgIpc) is 3.36. The van der Waals surface area contributed by atoms with Crippen LogP contribution in [0.4, 0.5) is 5.82 Å². The molecule has 0 radical (unpaired) electrons. The molecule has 0 aliphatic carbocycles. The number of ether oxygens (including phenoxy) is 1. The van der Waals surface area contributed by atoms with Crippen LogP contribution in [-0.4, -0.2) is 77.3 Å². The first-order valence-corrected chi connectivity index (χ1v) is 12.5. The van der Waals surface area contributed by atoms with Crippen molar-refractivity contribution in [1.82, 2.24) is 24.5 Å². The van der Waals surface area contributed by atoms with Crippen molar-refractivity contribution < 1.29 is 14.9 Å². The largest absolute Gasteiger partial charge is 0.387 e. The molecule has 0 amide bonds. The number of piperidine rings is 1. The zero-order valence-electron chi connectivity index (χ0n) is 17.6. The molecular formula is C21H24Cl2N6O3S. The molecule has 4 unspecified atom stereocenters. The van der Waals surface area contributed by atoms with E-state index in [-0.39, 0.29) is 11.2 Å². The lowest BCUT2D eigenvalue weighted by Crippen LogP contribution is -2.39. The van der Waals surface area contributed by atoms with Gasteiger partial charge in [0.1, 0.15) is 18.3 Å². The Hall–Kier alpha value is -1.66. The third-order valence-electron chi connectivity index (χ3n) is 5.91. The van der Waals surface area contributed by atoms with Gasteiger partial charge < -0.3 is 20.4 Å². The monoisotopic (exact) mass is 510 g/mol. The normalized spacial score (nSPS) is 26.8. The minimum absolute atomic E-state index is 0.0446. The van der Waals surface area contributed by atoms with E-state index in [0.717, 1.165) is 25.9 Å². The van der Waals surface area contributed by atoms with Crippen LogP contribution in [0.1, 0.15) is 19.1 Å². The minimum Gasteiger partial charge on any atom is -0.387 e. The van der Waals surface area contributed by atoms with Gasteiger partial charge in [-0.2, -0.15) is 9.97 Å². The summed E-state index contributed by atoms with van der Waals surface area (Å²) < 4.78 is 7.29. The van der Waals surface area contributed by atoms with E-state index in [4.69, 9.17) is 27.9 Å². The third-order valence-corrected chi connectivity index (χ3v) is 7.73. The maximum absolute atomic E-state index is 10.4. The van der Waals surface area contributed by atoms with Gasteiger partial charge in [0.25, 0.3) is 0 Å². The number of rotatable bonds is 6. The van der Waals surface area contributed by atoms with E-state index in [1.807, 2.05) is 17.8 Å². The molecule has 4 heterocycles. The molecule has 2 saturated heterocycles. The number of nitrogens with zero attached hydrogens (tertiary/aromatic N) is 5. The number of aliphatic hydroxyl groups is 2. The first kappa shape index (κ1) is 23.1. The second-order valence-corrected chi connectivity index (χ2v) is 10.1. The number of anilines is 1. The number of aromatic nitrogens is 4. The Morgan fingerprint density at radius 3 is 2.58 bits per heavy atom. The maximum Gasteiger partial charge on any atom is 0.226 e. The average molecular weight is 511 g/mol. The quantitative estimate of drug-likeness (QED) is 0.340. The molecule has 12 heteroatoms. The molecule has 2 aromatic heterocycles. The number of thioether (sulfide) groups is 1. The van der Waals surface area contributed by atoms with Crippen LogP contribution >= 0.6 is 35.0 Å². The van der Waals surface area contributed by atoms with Gasteiger partial charge in [-0.3, -0.25) is 4.57 Å². The lowest BCUT2D eigenvalue weighted by molar-refractivity contribution is -0.0291. The first-order valence-electron chi connectivity index (χ1n) is 10.7. The van der Waals surface area contributed by atoms with Crippen molar-refractivity contribution in [3.8, 4) is 0 Å². The number of halogens is 2. The summed E-state index contributed by atoms with van der Waals surface area (Å²) in [6.45, 7) is 1.70. The highest BCUT2D eigenvalue weighted by molar-refractivity contribution is 8.00. The van der Waals surface area contributed by atoms with E-state index in [2.05, 4.69) is 49.7 Å². The SMILES string of the molecule is OC1C(CCl)OC(n2cnc3c(NN4CCC(Sc5ccccc5)CC4)nc(Cl)nc32)C1O. The Balaban J connectivity index is 1.30. The van der Waals surface area contributed by atoms with Gasteiger partial charge in [0.15, 0.2) is 23.2 Å². The molecule has 0 bridgehead atoms. The molecule has 5 rings (SSSR count). The van der Waals surface area contributed by atoms with E-state index < -0.39 is 24.5 Å². The fourth-order valence-electron chi connectivity index (χ4n) is 4.17. The summed E-state index contributed by atoms with van der Waals surface area (Å²) in [5, 5.41) is 23.3. The molecule has 3 aromatic rings. The van der Waals surface area contributed by atoms with Crippen molar-refractivity contribution >= 4 is 51.9 Å². The lowest BCUT2D eigenvalue weighted by atomic mass is 10.1. The van der Waals surface area contributed by atoms with Crippen LogP contribution in [0.15, 0.2) is 41.6 Å². The van der Waals surface area contributed by atoms with Crippen LogP contribution in [0.2, 0.25) is 5.28 Å². The van der Waals surface area contributed by atoms with Crippen LogP contribution < -0.4 is 5.43 Å². The molecule has 2 fully saturated rings. The summed E-state index contributed by atoms with van der Waals surface area (Å²) in [5.74, 6) is 0.544. The van der Waals surface area contributed by atoms with Gasteiger partial charge in [0, 0.05) is 23.2 Å². The predicted molar refractivity (Wildman–Crippen MR) is 127 cm³/mol. The predicted octanol–water partition coefficient (Wildman–Crippen LogP) is 2.92. The number of aliphatic hydroxyl groups excluding tert-OH is 2. The number of hydrogen-bond acceptors (Lipinski definition) is 9. The summed E-state index contributed by atoms with van der Waals surface area (Å²) in [5.41, 5.74) is 4.23. The van der Waals surface area contributed by atoms with Gasteiger partial charge in [-0.05, 0) is 36.6 Å². The van der Waals surface area contributed by atoms with E-state index in [1.165, 1.54) is 11.2 Å². The molecule has 0 spiro atoms. The zero-order valence-corrected chi connectivity index (χ0v) is 19.9. The molecule has 176 valence electrons. The zero-order chi connectivity index (χ0) is 22.9. The smallest absolute Gasteiger partial charge is 0.226 e. The van der Waals surface area contributed by atoms with E-state index in [0.29, 0.717) is 22.2 Å². The molecule has 3 N–H and O–H groups in total. The Morgan fingerprint density at radius 1 is 1.12 bits per heavy atom. The topological polar surface area (TPSA) is 109 Å². The van der Waals surface area contributed by atoms with E-state index >= 15 is 0 Å². The van der Waals surface area contributed by atoms with Crippen molar-refractivity contribution in [1.29, 1.82) is 0 Å². The van der Waals surface area contributed by atoms with Gasteiger partial charge >= 0.3 is 0 Å². The highest BCUT2D eigenvalue weighted by atomic mass is 35.5. The van der Waals surface area contributed by atoms with Gasteiger partial charge in [0.05, 0.1) is 12.2 Å². The second-order valence-electron chi connectivity index (χ2n) is 8.09. The Kier molecular flexibility index (Phi) is 6.94. The molecule has 2 aliphatic heterocycles. The summed E-state index contributed by atoms with van der Waals surface area (Å²) in [6, 6.07) is 10.4. The number of nitrogens with one attached hydrogen (secondary N) is 1. The molecule has 33 heavy (non-hydrogen) atoms. The fraction of sp³-hybridized carbons (Fsp3) is 0.476. The highest BCUT2D eigenvalue weighted by Gasteiger charge is 2.44. The number of benzene rings is 1. The Morgan fingerprint density at radius 2 is 1.88 bits per heavy atom. The van der Waals surface area contributed by atoms with Gasteiger partial charge in [-0.15, -0.1) is 23.4 Å². The highest BCUT2D eigenvalue weighted by Crippen LogP contribution is 2.34. The van der Waals surface area contributed by atoms with Gasteiger partial charge in [-0.25, -0.2) is 9.99 Å². The summed E-state index contributed by atoms with van der Waals surface area (Å²) in [4.78, 5) is 14.3. The van der Waals surface area contributed by atoms with Crippen molar-refractivity contribution in [2.75, 3.05) is 24.4 Å². The number of hydrazine groups is 1. The first-order chi connectivity index (χ1) is 16.0. The van der Waals surface area contributed by atoms with Crippen molar-refractivity contribution in [2.45, 2.75) is 47.5 Å². The number of alkyl halides is 1. The standard InChI is InChI=1S/C21H24Cl2N6O3S/c22-10-14-16(30)17(31)20(32-14)29-11-24-15-18(25-21(23)26-19(15)29)27-28-8-6-13(7-9-28)33-12-4-2-1-3-5-12/h1-5,11,13-14,16-17,20,30-31H,6-10H2,(H,25,26,27). The lowest BCUT2D eigenvalue weighted by Gasteiger charge is -2.32. The molecule has 4 atom stereocenters. The molecule has 0 saturated carbocycles. The Bertz CT molecular complexity index is 1100. The van der Waals surface area contributed by atoms with Crippen molar-refractivity contribution in [3.63, 3.8) is 0 Å². The molecule has 9 nitrogen and oxygen atoms in total. The van der Waals surface area contributed by atoms with Gasteiger partial charge in [-0.1, -0.05) is 18.2 Å². The molecular weight excluding hydrogens is 487 g/mol. The second kappa shape index (κ2) is 9.91. The van der Waals surface area contributed by atoms with Crippen LogP contribution in [0, 0.1) is 0 Å². The van der Waals surface area contributed by atoms with E-state index in [1.54, 1.807) is 4.57 Å². The van der Waals surface area contributed by atoms with Crippen LogP contribution in [0.25, 0.3) is 11.2 Å².